The minimum atomic E-state index is -4.16. The van der Waals surface area contributed by atoms with Crippen LogP contribution in [-0.2, 0) is 10.0 Å². The van der Waals surface area contributed by atoms with Gasteiger partial charge in [0, 0.05) is 17.4 Å². The molecule has 0 aliphatic heterocycles. The van der Waals surface area contributed by atoms with E-state index in [9.17, 15) is 12.8 Å². The van der Waals surface area contributed by atoms with Gasteiger partial charge in [-0.3, -0.25) is 4.72 Å². The van der Waals surface area contributed by atoms with E-state index >= 15 is 0 Å². The van der Waals surface area contributed by atoms with Crippen molar-refractivity contribution < 1.29 is 17.5 Å². The van der Waals surface area contributed by atoms with E-state index in [0.29, 0.717) is 6.61 Å². The number of thiazole rings is 1. The van der Waals surface area contributed by atoms with Crippen LogP contribution in [0.3, 0.4) is 0 Å². The summed E-state index contributed by atoms with van der Waals surface area (Å²) in [6, 6.07) is 12.2. The van der Waals surface area contributed by atoms with Crippen LogP contribution in [0.25, 0.3) is 5.57 Å². The predicted octanol–water partition coefficient (Wildman–Crippen LogP) is 6.00. The molecule has 2 aromatic carbocycles. The molecule has 0 bridgehead atoms. The molecule has 0 spiro atoms. The molecule has 1 N–H and O–H groups in total. The molecule has 31 heavy (non-hydrogen) atoms. The summed E-state index contributed by atoms with van der Waals surface area (Å²) < 4.78 is 47.7. The van der Waals surface area contributed by atoms with Gasteiger partial charge in [-0.15, -0.1) is 11.3 Å². The van der Waals surface area contributed by atoms with Gasteiger partial charge in [0.2, 0.25) is 0 Å². The number of hydrogen-bond donors (Lipinski definition) is 1. The van der Waals surface area contributed by atoms with E-state index in [1.807, 2.05) is 18.2 Å². The van der Waals surface area contributed by atoms with E-state index in [0.717, 1.165) is 37.0 Å². The van der Waals surface area contributed by atoms with Crippen molar-refractivity contribution in [3.05, 3.63) is 75.8 Å². The predicted molar refractivity (Wildman–Crippen MR) is 122 cm³/mol. The van der Waals surface area contributed by atoms with E-state index in [2.05, 4.69) is 27.9 Å². The van der Waals surface area contributed by atoms with Gasteiger partial charge in [-0.25, -0.2) is 17.8 Å². The molecule has 1 aromatic heterocycles. The summed E-state index contributed by atoms with van der Waals surface area (Å²) in [5.74, 6) is -0.558. The molecular weight excluding hydrogens is 459 g/mol. The summed E-state index contributed by atoms with van der Waals surface area (Å²) >= 11 is 7.47. The maximum atomic E-state index is 14.7. The number of allylic oxidation sites excluding steroid dienone is 1. The number of halogens is 2. The topological polar surface area (TPSA) is 68.3 Å². The van der Waals surface area contributed by atoms with Gasteiger partial charge >= 0.3 is 0 Å². The van der Waals surface area contributed by atoms with Crippen LogP contribution in [0.1, 0.15) is 24.8 Å². The standard InChI is InChI=1S/C22H20ClFN2O3S2/c23-18-10-21(31(27,28)26-22-13-30-14-25-22)19(24)11-20(18)29-12-16-8-4-5-9-17(16)15-6-2-1-3-7-15/h1-3,6-7,9-11,13-14,16,26H,4-5,8,12H2. The molecule has 1 aliphatic carbocycles. The van der Waals surface area contributed by atoms with Crippen LogP contribution < -0.4 is 9.46 Å². The third-order valence-corrected chi connectivity index (χ3v) is 7.31. The Morgan fingerprint density at radius 1 is 1.26 bits per heavy atom. The molecule has 0 fully saturated rings. The van der Waals surface area contributed by atoms with Crippen molar-refractivity contribution in [3.8, 4) is 5.75 Å². The van der Waals surface area contributed by atoms with Gasteiger partial charge in [-0.05, 0) is 36.5 Å². The van der Waals surface area contributed by atoms with Crippen LogP contribution in [0.4, 0.5) is 10.2 Å². The van der Waals surface area contributed by atoms with Crippen LogP contribution >= 0.6 is 22.9 Å². The maximum Gasteiger partial charge on any atom is 0.266 e. The zero-order valence-corrected chi connectivity index (χ0v) is 18.8. The summed E-state index contributed by atoms with van der Waals surface area (Å²) in [6.07, 6.45) is 5.22. The van der Waals surface area contributed by atoms with Crippen molar-refractivity contribution in [1.82, 2.24) is 4.98 Å². The van der Waals surface area contributed by atoms with Crippen LogP contribution in [0.2, 0.25) is 5.02 Å². The molecule has 0 saturated carbocycles. The number of nitrogens with zero attached hydrogens (tertiary/aromatic N) is 1. The lowest BCUT2D eigenvalue weighted by molar-refractivity contribution is 0.267. The smallest absolute Gasteiger partial charge is 0.266 e. The van der Waals surface area contributed by atoms with Crippen molar-refractivity contribution in [2.75, 3.05) is 11.3 Å². The fourth-order valence-electron chi connectivity index (χ4n) is 3.57. The first-order valence-electron chi connectivity index (χ1n) is 9.72. The molecule has 1 unspecified atom stereocenters. The Hall–Kier alpha value is -2.42. The van der Waals surface area contributed by atoms with E-state index in [4.69, 9.17) is 16.3 Å². The fourth-order valence-corrected chi connectivity index (χ4v) is 5.50. The van der Waals surface area contributed by atoms with Crippen LogP contribution in [0.5, 0.6) is 5.75 Å². The second kappa shape index (κ2) is 9.38. The van der Waals surface area contributed by atoms with Gasteiger partial charge in [0.1, 0.15) is 16.5 Å². The highest BCUT2D eigenvalue weighted by Gasteiger charge is 2.24. The Balaban J connectivity index is 1.51. The number of anilines is 1. The van der Waals surface area contributed by atoms with Crippen LogP contribution in [0.15, 0.2) is 64.3 Å². The third kappa shape index (κ3) is 5.08. The summed E-state index contributed by atoms with van der Waals surface area (Å²) in [6.45, 7) is 0.322. The summed E-state index contributed by atoms with van der Waals surface area (Å²) in [5, 5.41) is 1.54. The van der Waals surface area contributed by atoms with Crippen molar-refractivity contribution >= 4 is 44.4 Å². The summed E-state index contributed by atoms with van der Waals surface area (Å²) in [5.41, 5.74) is 3.82. The lowest BCUT2D eigenvalue weighted by Gasteiger charge is -2.25. The quantitative estimate of drug-likeness (QED) is 0.452. The average molecular weight is 479 g/mol. The normalized spacial score (nSPS) is 16.6. The third-order valence-electron chi connectivity index (χ3n) is 5.06. The number of aromatic nitrogens is 1. The summed E-state index contributed by atoms with van der Waals surface area (Å²) in [7, 11) is -4.16. The van der Waals surface area contributed by atoms with Gasteiger partial charge in [0.25, 0.3) is 10.0 Å². The van der Waals surface area contributed by atoms with Crippen LogP contribution in [0, 0.1) is 11.7 Å². The zero-order chi connectivity index (χ0) is 21.8. The summed E-state index contributed by atoms with van der Waals surface area (Å²) in [4.78, 5) is 3.30. The molecule has 4 rings (SSSR count). The van der Waals surface area contributed by atoms with Gasteiger partial charge in [-0.2, -0.15) is 0 Å². The SMILES string of the molecule is O=S(=O)(Nc1cscn1)c1cc(Cl)c(OCC2CCCC=C2c2ccccc2)cc1F. The van der Waals surface area contributed by atoms with Crippen molar-refractivity contribution in [3.63, 3.8) is 0 Å². The maximum absolute atomic E-state index is 14.7. The first-order chi connectivity index (χ1) is 14.9. The Kier molecular flexibility index (Phi) is 6.60. The van der Waals surface area contributed by atoms with Gasteiger partial charge in [-0.1, -0.05) is 48.0 Å². The molecule has 0 saturated heterocycles. The highest BCUT2D eigenvalue weighted by molar-refractivity contribution is 7.92. The highest BCUT2D eigenvalue weighted by Crippen LogP contribution is 2.35. The van der Waals surface area contributed by atoms with Crippen molar-refractivity contribution in [2.24, 2.45) is 5.92 Å². The first-order valence-corrected chi connectivity index (χ1v) is 12.5. The molecule has 1 atom stereocenters. The number of nitrogens with one attached hydrogen (secondary N) is 1. The minimum Gasteiger partial charge on any atom is -0.491 e. The molecule has 162 valence electrons. The van der Waals surface area contributed by atoms with E-state index in [1.165, 1.54) is 27.8 Å². The number of sulfonamides is 1. The molecule has 3 aromatic rings. The molecule has 1 aliphatic rings. The zero-order valence-electron chi connectivity index (χ0n) is 16.4. The molecule has 0 amide bonds. The fraction of sp³-hybridized carbons (Fsp3) is 0.227. The van der Waals surface area contributed by atoms with E-state index in [1.54, 1.807) is 0 Å². The first kappa shape index (κ1) is 21.8. The Bertz CT molecular complexity index is 1180. The van der Waals surface area contributed by atoms with Crippen molar-refractivity contribution in [2.45, 2.75) is 24.2 Å². The monoisotopic (exact) mass is 478 g/mol. The van der Waals surface area contributed by atoms with Gasteiger partial charge in [0.15, 0.2) is 5.82 Å². The van der Waals surface area contributed by atoms with E-state index < -0.39 is 20.7 Å². The van der Waals surface area contributed by atoms with E-state index in [-0.39, 0.29) is 22.5 Å². The largest absolute Gasteiger partial charge is 0.491 e. The number of rotatable bonds is 7. The lowest BCUT2D eigenvalue weighted by Crippen LogP contribution is -2.18. The number of benzene rings is 2. The molecular formula is C22H20ClFN2O3S2. The Labute approximate surface area is 189 Å². The van der Waals surface area contributed by atoms with Gasteiger partial charge < -0.3 is 4.74 Å². The number of hydrogen-bond acceptors (Lipinski definition) is 5. The molecule has 9 heteroatoms. The second-order valence-electron chi connectivity index (χ2n) is 7.16. The Morgan fingerprint density at radius 2 is 2.06 bits per heavy atom. The average Bonchev–Trinajstić information content (AvgIpc) is 3.27. The highest BCUT2D eigenvalue weighted by atomic mass is 35.5. The number of ether oxygens (including phenoxy) is 1. The molecule has 1 heterocycles. The van der Waals surface area contributed by atoms with Crippen molar-refractivity contribution in [1.29, 1.82) is 0 Å². The Morgan fingerprint density at radius 3 is 2.81 bits per heavy atom. The minimum absolute atomic E-state index is 0.0288. The van der Waals surface area contributed by atoms with Gasteiger partial charge in [0.05, 0.1) is 17.1 Å². The second-order valence-corrected chi connectivity index (χ2v) is 9.93. The molecule has 5 nitrogen and oxygen atoms in total. The van der Waals surface area contributed by atoms with Crippen LogP contribution in [-0.4, -0.2) is 20.0 Å². The lowest BCUT2D eigenvalue weighted by atomic mass is 9.84. The molecule has 0 radical (unpaired) electrons.